The first-order chi connectivity index (χ1) is 9.21. The van der Waals surface area contributed by atoms with E-state index in [2.05, 4.69) is 5.32 Å². The van der Waals surface area contributed by atoms with Crippen LogP contribution in [-0.2, 0) is 14.3 Å². The molecule has 0 radical (unpaired) electrons. The van der Waals surface area contributed by atoms with Gasteiger partial charge in [0, 0.05) is 38.8 Å². The molecule has 19 heavy (non-hydrogen) atoms. The second kappa shape index (κ2) is 5.12. The van der Waals surface area contributed by atoms with E-state index in [1.165, 1.54) is 0 Å². The Morgan fingerprint density at radius 2 is 1.89 bits per heavy atom. The minimum atomic E-state index is -0.174. The fraction of sp³-hybridized carbons (Fsp3) is 0.857. The number of rotatable bonds is 1. The van der Waals surface area contributed by atoms with Crippen molar-refractivity contribution in [2.75, 3.05) is 32.8 Å². The molecule has 3 aliphatic heterocycles. The normalized spacial score (nSPS) is 27.6. The van der Waals surface area contributed by atoms with Crippen molar-refractivity contribution in [1.29, 1.82) is 0 Å². The smallest absolute Gasteiger partial charge is 0.226 e. The predicted octanol–water partition coefficient (Wildman–Crippen LogP) is 0.542. The molecule has 3 aliphatic rings. The van der Waals surface area contributed by atoms with Gasteiger partial charge in [0.15, 0.2) is 0 Å². The third kappa shape index (κ3) is 2.36. The summed E-state index contributed by atoms with van der Waals surface area (Å²) in [5.41, 5.74) is -0.174. The minimum Gasteiger partial charge on any atom is -0.381 e. The summed E-state index contributed by atoms with van der Waals surface area (Å²) in [6.07, 6.45) is 4.29. The molecule has 0 aliphatic carbocycles. The Labute approximate surface area is 113 Å². The molecule has 0 unspecified atom stereocenters. The summed E-state index contributed by atoms with van der Waals surface area (Å²) in [5, 5.41) is 2.93. The third-order valence-corrected chi connectivity index (χ3v) is 4.97. The lowest BCUT2D eigenvalue weighted by Crippen LogP contribution is -2.48. The summed E-state index contributed by atoms with van der Waals surface area (Å²) in [7, 11) is 0. The summed E-state index contributed by atoms with van der Waals surface area (Å²) in [6.45, 7) is 3.69. The van der Waals surface area contributed by atoms with Gasteiger partial charge in [0.25, 0.3) is 0 Å². The Balaban J connectivity index is 1.57. The highest BCUT2D eigenvalue weighted by molar-refractivity contribution is 5.85. The largest absolute Gasteiger partial charge is 0.381 e. The molecule has 5 nitrogen and oxygen atoms in total. The van der Waals surface area contributed by atoms with Crippen LogP contribution in [0.2, 0.25) is 0 Å². The molecule has 3 fully saturated rings. The number of nitrogens with zero attached hydrogens (tertiary/aromatic N) is 1. The van der Waals surface area contributed by atoms with Gasteiger partial charge in [0.05, 0.1) is 5.41 Å². The van der Waals surface area contributed by atoms with E-state index in [-0.39, 0.29) is 23.1 Å². The number of amides is 2. The topological polar surface area (TPSA) is 58.6 Å². The molecule has 106 valence electrons. The fourth-order valence-electron chi connectivity index (χ4n) is 3.55. The first-order valence-corrected chi connectivity index (χ1v) is 7.36. The lowest BCUT2D eigenvalue weighted by molar-refractivity contribution is -0.143. The summed E-state index contributed by atoms with van der Waals surface area (Å²) < 4.78 is 5.30. The number of carbonyl (C=O) groups is 2. The van der Waals surface area contributed by atoms with E-state index in [0.717, 1.165) is 51.7 Å². The Kier molecular flexibility index (Phi) is 3.48. The zero-order chi connectivity index (χ0) is 13.3. The quantitative estimate of drug-likeness (QED) is 0.753. The van der Waals surface area contributed by atoms with Crippen molar-refractivity contribution in [2.45, 2.75) is 32.1 Å². The number of likely N-dealkylation sites (tertiary alicyclic amines) is 1. The Bertz CT molecular complexity index is 369. The van der Waals surface area contributed by atoms with Gasteiger partial charge in [-0.1, -0.05) is 0 Å². The molecule has 0 aromatic heterocycles. The predicted molar refractivity (Wildman–Crippen MR) is 69.4 cm³/mol. The maximum atomic E-state index is 12.4. The standard InChI is InChI=1S/C14H22N2O3/c17-12(11-1-9-19-10-2-11)16-7-4-14(5-8-16)3-6-15-13(14)18/h11H,1-10H2,(H,15,18). The van der Waals surface area contributed by atoms with Crippen molar-refractivity contribution in [3.63, 3.8) is 0 Å². The van der Waals surface area contributed by atoms with Gasteiger partial charge in [-0.15, -0.1) is 0 Å². The second-order valence-corrected chi connectivity index (χ2v) is 6.00. The maximum absolute atomic E-state index is 12.4. The molecule has 0 atom stereocenters. The summed E-state index contributed by atoms with van der Waals surface area (Å²) >= 11 is 0. The Hall–Kier alpha value is -1.10. The van der Waals surface area contributed by atoms with Gasteiger partial charge in [-0.25, -0.2) is 0 Å². The molecule has 0 aromatic carbocycles. The van der Waals surface area contributed by atoms with Crippen LogP contribution >= 0.6 is 0 Å². The van der Waals surface area contributed by atoms with Crippen LogP contribution in [0, 0.1) is 11.3 Å². The van der Waals surface area contributed by atoms with Gasteiger partial charge < -0.3 is 15.0 Å². The molecule has 3 saturated heterocycles. The number of hydrogen-bond acceptors (Lipinski definition) is 3. The minimum absolute atomic E-state index is 0.139. The molecule has 5 heteroatoms. The monoisotopic (exact) mass is 266 g/mol. The SMILES string of the molecule is O=C(C1CCOCC1)N1CCC2(CCNC2=O)CC1. The van der Waals surface area contributed by atoms with Gasteiger partial charge >= 0.3 is 0 Å². The van der Waals surface area contributed by atoms with E-state index in [0.29, 0.717) is 13.2 Å². The lowest BCUT2D eigenvalue weighted by Gasteiger charge is -2.39. The van der Waals surface area contributed by atoms with E-state index in [1.807, 2.05) is 4.90 Å². The Morgan fingerprint density at radius 1 is 1.21 bits per heavy atom. The van der Waals surface area contributed by atoms with Gasteiger partial charge in [0.1, 0.15) is 0 Å². The summed E-state index contributed by atoms with van der Waals surface area (Å²) in [5.74, 6) is 0.613. The molecular formula is C14H22N2O3. The summed E-state index contributed by atoms with van der Waals surface area (Å²) in [4.78, 5) is 26.3. The lowest BCUT2D eigenvalue weighted by atomic mass is 9.77. The number of carbonyl (C=O) groups excluding carboxylic acids is 2. The van der Waals surface area contributed by atoms with Crippen LogP contribution in [0.25, 0.3) is 0 Å². The van der Waals surface area contributed by atoms with Crippen LogP contribution < -0.4 is 5.32 Å². The van der Waals surface area contributed by atoms with Crippen molar-refractivity contribution in [2.24, 2.45) is 11.3 Å². The third-order valence-electron chi connectivity index (χ3n) is 4.97. The molecule has 1 N–H and O–H groups in total. The van der Waals surface area contributed by atoms with Crippen molar-refractivity contribution in [3.05, 3.63) is 0 Å². The van der Waals surface area contributed by atoms with Crippen molar-refractivity contribution < 1.29 is 14.3 Å². The van der Waals surface area contributed by atoms with Crippen LogP contribution in [0.1, 0.15) is 32.1 Å². The molecule has 2 amide bonds. The average Bonchev–Trinajstić information content (AvgIpc) is 2.81. The zero-order valence-electron chi connectivity index (χ0n) is 11.3. The zero-order valence-corrected chi connectivity index (χ0v) is 11.3. The van der Waals surface area contributed by atoms with Crippen LogP contribution in [0.15, 0.2) is 0 Å². The molecule has 0 saturated carbocycles. The first kappa shape index (κ1) is 12.9. The van der Waals surface area contributed by atoms with Crippen molar-refractivity contribution >= 4 is 11.8 Å². The molecular weight excluding hydrogens is 244 g/mol. The van der Waals surface area contributed by atoms with Crippen LogP contribution in [-0.4, -0.2) is 49.6 Å². The number of ether oxygens (including phenoxy) is 1. The molecule has 1 spiro atoms. The molecule has 0 aromatic rings. The second-order valence-electron chi connectivity index (χ2n) is 6.00. The van der Waals surface area contributed by atoms with Gasteiger partial charge in [-0.2, -0.15) is 0 Å². The highest BCUT2D eigenvalue weighted by atomic mass is 16.5. The van der Waals surface area contributed by atoms with Gasteiger partial charge in [-0.3, -0.25) is 9.59 Å². The summed E-state index contributed by atoms with van der Waals surface area (Å²) in [6, 6.07) is 0. The van der Waals surface area contributed by atoms with Crippen LogP contribution in [0.3, 0.4) is 0 Å². The molecule has 0 bridgehead atoms. The molecule has 3 rings (SSSR count). The highest BCUT2D eigenvalue weighted by Crippen LogP contribution is 2.38. The fourth-order valence-corrected chi connectivity index (χ4v) is 3.55. The highest BCUT2D eigenvalue weighted by Gasteiger charge is 2.45. The van der Waals surface area contributed by atoms with Gasteiger partial charge in [-0.05, 0) is 32.1 Å². The number of hydrogen-bond donors (Lipinski definition) is 1. The Morgan fingerprint density at radius 3 is 2.47 bits per heavy atom. The number of nitrogens with one attached hydrogen (secondary N) is 1. The van der Waals surface area contributed by atoms with Crippen molar-refractivity contribution in [3.8, 4) is 0 Å². The number of piperidine rings is 1. The first-order valence-electron chi connectivity index (χ1n) is 7.36. The van der Waals surface area contributed by atoms with E-state index >= 15 is 0 Å². The van der Waals surface area contributed by atoms with E-state index < -0.39 is 0 Å². The molecule has 3 heterocycles. The van der Waals surface area contributed by atoms with Gasteiger partial charge in [0.2, 0.25) is 11.8 Å². The van der Waals surface area contributed by atoms with E-state index in [4.69, 9.17) is 4.74 Å². The maximum Gasteiger partial charge on any atom is 0.226 e. The van der Waals surface area contributed by atoms with Crippen LogP contribution in [0.4, 0.5) is 0 Å². The average molecular weight is 266 g/mol. The van der Waals surface area contributed by atoms with Crippen molar-refractivity contribution in [1.82, 2.24) is 10.2 Å². The van der Waals surface area contributed by atoms with E-state index in [9.17, 15) is 9.59 Å². The van der Waals surface area contributed by atoms with E-state index in [1.54, 1.807) is 0 Å². The van der Waals surface area contributed by atoms with Crippen LogP contribution in [0.5, 0.6) is 0 Å².